The average molecular weight is 483 g/mol. The molecule has 8 nitrogen and oxygen atoms in total. The molecular weight excluding hydrogens is 456 g/mol. The van der Waals surface area contributed by atoms with Gasteiger partial charge in [0.25, 0.3) is 5.91 Å². The number of hydrogen-bond donors (Lipinski definition) is 3. The lowest BCUT2D eigenvalue weighted by Gasteiger charge is -2.20. The van der Waals surface area contributed by atoms with E-state index in [0.29, 0.717) is 17.1 Å². The van der Waals surface area contributed by atoms with Crippen LogP contribution in [0, 0.1) is 0 Å². The van der Waals surface area contributed by atoms with Crippen LogP contribution in [-0.4, -0.2) is 26.2 Å². The predicted octanol–water partition coefficient (Wildman–Crippen LogP) is 4.15. The standard InChI is InChI=1S/C25H26N2O6S/c1-25(2,3)18-8-9-21(28)20(13-18)27-24(29)17-5-4-6-19(12-17)34(30,31)26-14-16-7-10-22-23(11-16)33-15-32-22/h4-13,26,28H,14-15H2,1-3H3,(H,27,29). The molecule has 9 heteroatoms. The summed E-state index contributed by atoms with van der Waals surface area (Å²) in [6, 6.07) is 15.9. The zero-order valence-electron chi connectivity index (χ0n) is 19.1. The number of rotatable bonds is 6. The van der Waals surface area contributed by atoms with Crippen LogP contribution in [0.25, 0.3) is 0 Å². The number of phenols is 1. The van der Waals surface area contributed by atoms with Crippen molar-refractivity contribution in [3.05, 3.63) is 77.4 Å². The highest BCUT2D eigenvalue weighted by Crippen LogP contribution is 2.33. The normalized spacial score (nSPS) is 13.0. The molecule has 3 aromatic carbocycles. The molecule has 0 bridgehead atoms. The molecule has 0 radical (unpaired) electrons. The summed E-state index contributed by atoms with van der Waals surface area (Å²) < 4.78 is 38.8. The molecule has 0 saturated carbocycles. The first-order valence-corrected chi connectivity index (χ1v) is 12.1. The lowest BCUT2D eigenvalue weighted by Crippen LogP contribution is -2.23. The first-order valence-electron chi connectivity index (χ1n) is 10.7. The number of ether oxygens (including phenoxy) is 2. The third-order valence-electron chi connectivity index (χ3n) is 5.42. The monoisotopic (exact) mass is 482 g/mol. The first-order chi connectivity index (χ1) is 16.0. The minimum atomic E-state index is -3.89. The number of aromatic hydroxyl groups is 1. The summed E-state index contributed by atoms with van der Waals surface area (Å²) in [6.07, 6.45) is 0. The van der Waals surface area contributed by atoms with Gasteiger partial charge in [0.15, 0.2) is 11.5 Å². The molecule has 0 aromatic heterocycles. The van der Waals surface area contributed by atoms with E-state index in [9.17, 15) is 18.3 Å². The van der Waals surface area contributed by atoms with Crippen LogP contribution in [0.5, 0.6) is 17.2 Å². The number of nitrogens with one attached hydrogen (secondary N) is 2. The molecule has 1 aliphatic rings. The Morgan fingerprint density at radius 2 is 1.76 bits per heavy atom. The average Bonchev–Trinajstić information content (AvgIpc) is 3.26. The molecule has 0 saturated heterocycles. The highest BCUT2D eigenvalue weighted by Gasteiger charge is 2.20. The lowest BCUT2D eigenvalue weighted by molar-refractivity contribution is 0.102. The summed E-state index contributed by atoms with van der Waals surface area (Å²) in [4.78, 5) is 12.8. The van der Waals surface area contributed by atoms with Gasteiger partial charge >= 0.3 is 0 Å². The molecule has 0 spiro atoms. The molecule has 3 aromatic rings. The van der Waals surface area contributed by atoms with Crippen LogP contribution in [0.3, 0.4) is 0 Å². The topological polar surface area (TPSA) is 114 Å². The van der Waals surface area contributed by atoms with Crippen molar-refractivity contribution < 1.29 is 27.8 Å². The van der Waals surface area contributed by atoms with Gasteiger partial charge in [-0.15, -0.1) is 0 Å². The van der Waals surface area contributed by atoms with Crippen molar-refractivity contribution in [3.8, 4) is 17.2 Å². The first kappa shape index (κ1) is 23.6. The summed E-state index contributed by atoms with van der Waals surface area (Å²) in [5.74, 6) is 0.572. The number of anilines is 1. The summed E-state index contributed by atoms with van der Waals surface area (Å²) in [6.45, 7) is 6.25. The smallest absolute Gasteiger partial charge is 0.255 e. The third kappa shape index (κ3) is 5.16. The quantitative estimate of drug-likeness (QED) is 0.455. The van der Waals surface area contributed by atoms with Crippen molar-refractivity contribution in [1.82, 2.24) is 4.72 Å². The van der Waals surface area contributed by atoms with Crippen molar-refractivity contribution in [2.45, 2.75) is 37.6 Å². The van der Waals surface area contributed by atoms with E-state index in [2.05, 4.69) is 10.0 Å². The van der Waals surface area contributed by atoms with Gasteiger partial charge in [-0.25, -0.2) is 13.1 Å². The van der Waals surface area contributed by atoms with Crippen molar-refractivity contribution in [2.75, 3.05) is 12.1 Å². The maximum Gasteiger partial charge on any atom is 0.255 e. The summed E-state index contributed by atoms with van der Waals surface area (Å²) in [5, 5.41) is 12.8. The molecule has 1 aliphatic heterocycles. The van der Waals surface area contributed by atoms with Crippen molar-refractivity contribution in [1.29, 1.82) is 0 Å². The summed E-state index contributed by atoms with van der Waals surface area (Å²) in [5.41, 5.74) is 1.86. The molecule has 34 heavy (non-hydrogen) atoms. The fourth-order valence-electron chi connectivity index (χ4n) is 3.41. The minimum Gasteiger partial charge on any atom is -0.506 e. The van der Waals surface area contributed by atoms with Crippen molar-refractivity contribution in [3.63, 3.8) is 0 Å². The molecule has 178 valence electrons. The van der Waals surface area contributed by atoms with Crippen molar-refractivity contribution >= 4 is 21.6 Å². The van der Waals surface area contributed by atoms with Gasteiger partial charge in [-0.1, -0.05) is 39.0 Å². The van der Waals surface area contributed by atoms with Crippen LogP contribution in [0.4, 0.5) is 5.69 Å². The number of hydrogen-bond acceptors (Lipinski definition) is 6. The number of fused-ring (bicyclic) bond motifs is 1. The van der Waals surface area contributed by atoms with Gasteiger partial charge in [-0.2, -0.15) is 0 Å². The SMILES string of the molecule is CC(C)(C)c1ccc(O)c(NC(=O)c2cccc(S(=O)(=O)NCc3ccc4c(c3)OCO4)c2)c1. The molecule has 0 unspecified atom stereocenters. The third-order valence-corrected chi connectivity index (χ3v) is 6.82. The van der Waals surface area contributed by atoms with Crippen LogP contribution in [0.2, 0.25) is 0 Å². The van der Waals surface area contributed by atoms with E-state index < -0.39 is 15.9 Å². The van der Waals surface area contributed by atoms with Gasteiger partial charge in [0.1, 0.15) is 5.75 Å². The fourth-order valence-corrected chi connectivity index (χ4v) is 4.48. The molecular formula is C25H26N2O6S. The number of carbonyl (C=O) groups is 1. The molecule has 1 heterocycles. The van der Waals surface area contributed by atoms with Crippen LogP contribution in [0.15, 0.2) is 65.6 Å². The van der Waals surface area contributed by atoms with Crippen LogP contribution in [-0.2, 0) is 22.0 Å². The zero-order valence-corrected chi connectivity index (χ0v) is 19.9. The zero-order chi connectivity index (χ0) is 24.5. The second-order valence-corrected chi connectivity index (χ2v) is 10.7. The largest absolute Gasteiger partial charge is 0.506 e. The van der Waals surface area contributed by atoms with E-state index in [1.165, 1.54) is 30.3 Å². The van der Waals surface area contributed by atoms with E-state index >= 15 is 0 Å². The van der Waals surface area contributed by atoms with Gasteiger partial charge in [0, 0.05) is 12.1 Å². The molecule has 0 atom stereocenters. The number of carbonyl (C=O) groups excluding carboxylic acids is 1. The molecule has 4 rings (SSSR count). The molecule has 3 N–H and O–H groups in total. The molecule has 0 fully saturated rings. The van der Waals surface area contributed by atoms with E-state index in [1.807, 2.05) is 20.8 Å². The van der Waals surface area contributed by atoms with E-state index in [0.717, 1.165) is 5.56 Å². The second-order valence-electron chi connectivity index (χ2n) is 8.98. The van der Waals surface area contributed by atoms with Crippen molar-refractivity contribution in [2.24, 2.45) is 0 Å². The number of amides is 1. The van der Waals surface area contributed by atoms with Gasteiger partial charge in [-0.3, -0.25) is 4.79 Å². The molecule has 0 aliphatic carbocycles. The van der Waals surface area contributed by atoms with E-state index in [1.54, 1.807) is 30.3 Å². The maximum absolute atomic E-state index is 12.8. The second kappa shape index (κ2) is 9.00. The van der Waals surface area contributed by atoms with Crippen LogP contribution in [0.1, 0.15) is 42.3 Å². The lowest BCUT2D eigenvalue weighted by atomic mass is 9.87. The van der Waals surface area contributed by atoms with Crippen LogP contribution >= 0.6 is 0 Å². The Labute approximate surface area is 198 Å². The fraction of sp³-hybridized carbons (Fsp3) is 0.240. The van der Waals surface area contributed by atoms with Gasteiger partial charge < -0.3 is 19.9 Å². The van der Waals surface area contributed by atoms with E-state index in [-0.39, 0.29) is 40.6 Å². The molecule has 1 amide bonds. The summed E-state index contributed by atoms with van der Waals surface area (Å²) in [7, 11) is -3.89. The Morgan fingerprint density at radius 1 is 1.00 bits per heavy atom. The van der Waals surface area contributed by atoms with Gasteiger partial charge in [0.2, 0.25) is 16.8 Å². The van der Waals surface area contributed by atoms with Gasteiger partial charge in [-0.05, 0) is 59.0 Å². The van der Waals surface area contributed by atoms with Crippen LogP contribution < -0.4 is 19.5 Å². The predicted molar refractivity (Wildman–Crippen MR) is 128 cm³/mol. The Kier molecular flexibility index (Phi) is 6.24. The Morgan fingerprint density at radius 3 is 2.53 bits per heavy atom. The van der Waals surface area contributed by atoms with E-state index in [4.69, 9.17) is 9.47 Å². The maximum atomic E-state index is 12.8. The number of phenolic OH excluding ortho intramolecular Hbond substituents is 1. The highest BCUT2D eigenvalue weighted by molar-refractivity contribution is 7.89. The Bertz CT molecular complexity index is 1350. The highest BCUT2D eigenvalue weighted by atomic mass is 32.2. The number of benzene rings is 3. The Hall–Kier alpha value is -3.56. The van der Waals surface area contributed by atoms with Gasteiger partial charge in [0.05, 0.1) is 10.6 Å². The Balaban J connectivity index is 1.49. The number of sulfonamides is 1. The minimum absolute atomic E-state index is 0.0445. The summed E-state index contributed by atoms with van der Waals surface area (Å²) >= 11 is 0.